The molecule has 0 atom stereocenters. The standard InChI is InChI=1S/C20H23BrO/c21-19-14-9-13-18(16-19)20(22)15-8-4-3-7-12-17-10-5-1-2-6-11-17/h1,5-6,9-11,13-14,16H,2-4,7-8,12,15H2. The molecule has 0 saturated heterocycles. The number of hydrogen-bond acceptors (Lipinski definition) is 1. The zero-order valence-electron chi connectivity index (χ0n) is 12.9. The van der Waals surface area contributed by atoms with E-state index in [9.17, 15) is 4.79 Å². The summed E-state index contributed by atoms with van der Waals surface area (Å²) < 4.78 is 0.970. The van der Waals surface area contributed by atoms with Crippen molar-refractivity contribution in [3.8, 4) is 0 Å². The van der Waals surface area contributed by atoms with Crippen molar-refractivity contribution in [2.75, 3.05) is 0 Å². The molecular weight excluding hydrogens is 336 g/mol. The van der Waals surface area contributed by atoms with Crippen LogP contribution in [0.1, 0.15) is 55.3 Å². The van der Waals surface area contributed by atoms with Crippen LogP contribution in [0.4, 0.5) is 0 Å². The van der Waals surface area contributed by atoms with Gasteiger partial charge in [0.2, 0.25) is 0 Å². The third-order valence-corrected chi connectivity index (χ3v) is 4.31. The number of carbonyl (C=O) groups excluding carboxylic acids is 1. The van der Waals surface area contributed by atoms with Crippen molar-refractivity contribution in [1.29, 1.82) is 0 Å². The Morgan fingerprint density at radius 3 is 2.82 bits per heavy atom. The monoisotopic (exact) mass is 358 g/mol. The summed E-state index contributed by atoms with van der Waals surface area (Å²) in [5.74, 6) is 0.251. The van der Waals surface area contributed by atoms with Gasteiger partial charge in [0.05, 0.1) is 0 Å². The molecule has 0 heterocycles. The SMILES string of the molecule is O=C(CCCCCCC1=CC=CCC=C1)c1cccc(Br)c1. The minimum Gasteiger partial charge on any atom is -0.294 e. The van der Waals surface area contributed by atoms with E-state index in [-0.39, 0.29) is 5.78 Å². The molecular formula is C20H23BrO. The van der Waals surface area contributed by atoms with E-state index in [1.54, 1.807) is 0 Å². The maximum Gasteiger partial charge on any atom is 0.162 e. The largest absolute Gasteiger partial charge is 0.294 e. The smallest absolute Gasteiger partial charge is 0.162 e. The van der Waals surface area contributed by atoms with E-state index in [2.05, 4.69) is 46.3 Å². The summed E-state index contributed by atoms with van der Waals surface area (Å²) in [4.78, 5) is 12.1. The number of ketones is 1. The van der Waals surface area contributed by atoms with Crippen LogP contribution in [-0.2, 0) is 0 Å². The van der Waals surface area contributed by atoms with Crippen molar-refractivity contribution in [3.63, 3.8) is 0 Å². The molecule has 0 radical (unpaired) electrons. The molecule has 0 fully saturated rings. The van der Waals surface area contributed by atoms with Gasteiger partial charge in [0, 0.05) is 16.5 Å². The van der Waals surface area contributed by atoms with Gasteiger partial charge in [-0.2, -0.15) is 0 Å². The molecule has 0 amide bonds. The lowest BCUT2D eigenvalue weighted by Crippen LogP contribution is -1.98. The summed E-state index contributed by atoms with van der Waals surface area (Å²) in [6.45, 7) is 0. The fraction of sp³-hybridized carbons (Fsp3) is 0.350. The number of rotatable bonds is 8. The van der Waals surface area contributed by atoms with Crippen LogP contribution in [0.3, 0.4) is 0 Å². The minimum atomic E-state index is 0.251. The molecule has 0 unspecified atom stereocenters. The molecule has 22 heavy (non-hydrogen) atoms. The molecule has 0 spiro atoms. The highest BCUT2D eigenvalue weighted by Gasteiger charge is 2.05. The predicted molar refractivity (Wildman–Crippen MR) is 97.2 cm³/mol. The van der Waals surface area contributed by atoms with Gasteiger partial charge in [-0.1, -0.05) is 71.3 Å². The van der Waals surface area contributed by atoms with E-state index in [1.807, 2.05) is 24.3 Å². The summed E-state index contributed by atoms with van der Waals surface area (Å²) in [6, 6.07) is 7.66. The Balaban J connectivity index is 1.60. The summed E-state index contributed by atoms with van der Waals surface area (Å²) >= 11 is 3.41. The Morgan fingerprint density at radius 1 is 1.09 bits per heavy atom. The van der Waals surface area contributed by atoms with E-state index >= 15 is 0 Å². The first-order valence-corrected chi connectivity index (χ1v) is 8.86. The van der Waals surface area contributed by atoms with E-state index < -0.39 is 0 Å². The quantitative estimate of drug-likeness (QED) is 0.387. The number of Topliss-reactive ketones (excluding diaryl/α,β-unsaturated/α-hetero) is 1. The zero-order chi connectivity index (χ0) is 15.6. The van der Waals surface area contributed by atoms with Gasteiger partial charge >= 0.3 is 0 Å². The van der Waals surface area contributed by atoms with Gasteiger partial charge in [-0.05, 0) is 43.4 Å². The van der Waals surface area contributed by atoms with Gasteiger partial charge in [0.1, 0.15) is 0 Å². The molecule has 1 aliphatic rings. The van der Waals surface area contributed by atoms with Gasteiger partial charge in [-0.25, -0.2) is 0 Å². The maximum absolute atomic E-state index is 12.1. The van der Waals surface area contributed by atoms with Crippen LogP contribution in [0.2, 0.25) is 0 Å². The molecule has 2 rings (SSSR count). The molecule has 2 heteroatoms. The normalized spacial score (nSPS) is 13.8. The van der Waals surface area contributed by atoms with Gasteiger partial charge in [0.15, 0.2) is 5.78 Å². The highest BCUT2D eigenvalue weighted by Crippen LogP contribution is 2.17. The van der Waals surface area contributed by atoms with Crippen molar-refractivity contribution >= 4 is 21.7 Å². The van der Waals surface area contributed by atoms with Gasteiger partial charge < -0.3 is 0 Å². The third kappa shape index (κ3) is 6.15. The van der Waals surface area contributed by atoms with Crippen molar-refractivity contribution < 1.29 is 4.79 Å². The fourth-order valence-electron chi connectivity index (χ4n) is 2.56. The Hall–Kier alpha value is -1.41. The first-order chi connectivity index (χ1) is 10.8. The lowest BCUT2D eigenvalue weighted by atomic mass is 10.0. The molecule has 1 aromatic carbocycles. The fourth-order valence-corrected chi connectivity index (χ4v) is 2.96. The second-order valence-corrected chi connectivity index (χ2v) is 6.57. The molecule has 0 N–H and O–H groups in total. The topological polar surface area (TPSA) is 17.1 Å². The average molecular weight is 359 g/mol. The van der Waals surface area contributed by atoms with E-state index in [0.29, 0.717) is 6.42 Å². The molecule has 1 nitrogen and oxygen atoms in total. The first-order valence-electron chi connectivity index (χ1n) is 8.07. The highest BCUT2D eigenvalue weighted by molar-refractivity contribution is 9.10. The van der Waals surface area contributed by atoms with Gasteiger partial charge in [-0.15, -0.1) is 0 Å². The Kier molecular flexibility index (Phi) is 7.38. The minimum absolute atomic E-state index is 0.251. The van der Waals surface area contributed by atoms with E-state index in [4.69, 9.17) is 0 Å². The molecule has 0 saturated carbocycles. The van der Waals surface area contributed by atoms with Gasteiger partial charge in [-0.3, -0.25) is 4.79 Å². The Bertz CT molecular complexity index is 581. The number of allylic oxidation sites excluding steroid dienone is 6. The second kappa shape index (κ2) is 9.58. The van der Waals surface area contributed by atoms with E-state index in [1.165, 1.54) is 18.4 Å². The maximum atomic E-state index is 12.1. The van der Waals surface area contributed by atoms with Crippen molar-refractivity contribution in [1.82, 2.24) is 0 Å². The predicted octanol–water partition coefficient (Wildman–Crippen LogP) is 6.41. The lowest BCUT2D eigenvalue weighted by Gasteiger charge is -2.03. The number of halogens is 1. The van der Waals surface area contributed by atoms with Crippen LogP contribution in [0.5, 0.6) is 0 Å². The molecule has 0 aromatic heterocycles. The Morgan fingerprint density at radius 2 is 1.95 bits per heavy atom. The van der Waals surface area contributed by atoms with Crippen molar-refractivity contribution in [2.45, 2.75) is 44.9 Å². The summed E-state index contributed by atoms with van der Waals surface area (Å²) in [6.07, 6.45) is 18.3. The number of benzene rings is 1. The van der Waals surface area contributed by atoms with Gasteiger partial charge in [0.25, 0.3) is 0 Å². The lowest BCUT2D eigenvalue weighted by molar-refractivity contribution is 0.0979. The number of unbranched alkanes of at least 4 members (excludes halogenated alkanes) is 3. The third-order valence-electron chi connectivity index (χ3n) is 3.82. The highest BCUT2D eigenvalue weighted by atomic mass is 79.9. The van der Waals surface area contributed by atoms with Crippen LogP contribution in [-0.4, -0.2) is 5.78 Å². The van der Waals surface area contributed by atoms with Crippen LogP contribution in [0.15, 0.2) is 64.7 Å². The summed E-state index contributed by atoms with van der Waals surface area (Å²) in [7, 11) is 0. The number of carbonyl (C=O) groups is 1. The molecule has 0 bridgehead atoms. The van der Waals surface area contributed by atoms with Crippen LogP contribution in [0, 0.1) is 0 Å². The zero-order valence-corrected chi connectivity index (χ0v) is 14.5. The van der Waals surface area contributed by atoms with Crippen molar-refractivity contribution in [2.24, 2.45) is 0 Å². The summed E-state index contributed by atoms with van der Waals surface area (Å²) in [5.41, 5.74) is 2.23. The molecule has 1 aromatic rings. The first kappa shape index (κ1) is 17.0. The summed E-state index contributed by atoms with van der Waals surface area (Å²) in [5, 5.41) is 0. The van der Waals surface area contributed by atoms with Crippen LogP contribution < -0.4 is 0 Å². The molecule has 0 aliphatic heterocycles. The van der Waals surface area contributed by atoms with E-state index in [0.717, 1.165) is 35.7 Å². The Labute approximate surface area is 141 Å². The molecule has 116 valence electrons. The molecule has 1 aliphatic carbocycles. The van der Waals surface area contributed by atoms with Crippen LogP contribution in [0.25, 0.3) is 0 Å². The second-order valence-electron chi connectivity index (χ2n) is 5.66. The number of hydrogen-bond donors (Lipinski definition) is 0. The average Bonchev–Trinajstić information content (AvgIpc) is 2.79. The van der Waals surface area contributed by atoms with Crippen molar-refractivity contribution in [3.05, 3.63) is 70.3 Å². The van der Waals surface area contributed by atoms with Crippen LogP contribution >= 0.6 is 15.9 Å².